The summed E-state index contributed by atoms with van der Waals surface area (Å²) in [5.41, 5.74) is 7.24. The van der Waals surface area contributed by atoms with Gasteiger partial charge in [0.1, 0.15) is 0 Å². The van der Waals surface area contributed by atoms with Gasteiger partial charge < -0.3 is 10.3 Å². The van der Waals surface area contributed by atoms with Crippen LogP contribution >= 0.6 is 0 Å². The molecule has 160 valence electrons. The molecule has 0 unspecified atom stereocenters. The summed E-state index contributed by atoms with van der Waals surface area (Å²) >= 11 is 0. The predicted octanol–water partition coefficient (Wildman–Crippen LogP) is 1.09. The van der Waals surface area contributed by atoms with Crippen molar-refractivity contribution in [2.75, 3.05) is 5.73 Å². The number of nitrogens with two attached hydrogens (primary N) is 1. The molecule has 0 aliphatic heterocycles. The fourth-order valence-corrected chi connectivity index (χ4v) is 4.05. The average Bonchev–Trinajstić information content (AvgIpc) is 3.07. The second-order valence-corrected chi connectivity index (χ2v) is 8.26. The van der Waals surface area contributed by atoms with Crippen LogP contribution in [0.25, 0.3) is 10.8 Å². The van der Waals surface area contributed by atoms with Crippen molar-refractivity contribution < 1.29 is 17.7 Å². The van der Waals surface area contributed by atoms with Crippen LogP contribution in [0.4, 0.5) is 5.82 Å². The first-order valence-corrected chi connectivity index (χ1v) is 10.8. The fourth-order valence-electron chi connectivity index (χ4n) is 3.00. The van der Waals surface area contributed by atoms with Crippen LogP contribution in [0, 0.1) is 6.92 Å². The van der Waals surface area contributed by atoms with E-state index in [2.05, 4.69) is 15.7 Å². The Morgan fingerprint density at radius 3 is 2.57 bits per heavy atom. The van der Waals surface area contributed by atoms with Gasteiger partial charge in [-0.25, -0.2) is 13.1 Å². The van der Waals surface area contributed by atoms with Gasteiger partial charge >= 0.3 is 0 Å². The number of carbonyl (C=O) groups is 1. The number of carbonyl (C=O) groups excluding carboxylic acids is 1. The first-order valence-electron chi connectivity index (χ1n) is 9.30. The Kier molecular flexibility index (Phi) is 6.17. The topological polar surface area (TPSA) is 162 Å². The highest BCUT2D eigenvalue weighted by Gasteiger charge is 2.26. The Morgan fingerprint density at radius 2 is 1.93 bits per heavy atom. The molecular weight excluding hydrogens is 412 g/mol. The number of aryl methyl sites for hydroxylation is 2. The van der Waals surface area contributed by atoms with E-state index in [9.17, 15) is 18.0 Å². The van der Waals surface area contributed by atoms with Crippen LogP contribution in [-0.2, 0) is 16.6 Å². The van der Waals surface area contributed by atoms with Crippen LogP contribution in [0.15, 0.2) is 38.5 Å². The summed E-state index contributed by atoms with van der Waals surface area (Å²) in [7, 11) is -4.23. The van der Waals surface area contributed by atoms with Crippen molar-refractivity contribution in [3.05, 3.63) is 46.1 Å². The first kappa shape index (κ1) is 21.5. The number of hydrazine groups is 1. The predicted molar refractivity (Wildman–Crippen MR) is 109 cm³/mol. The third kappa shape index (κ3) is 4.19. The van der Waals surface area contributed by atoms with Crippen LogP contribution in [-0.4, -0.2) is 29.3 Å². The number of nitrogens with one attached hydrogen (secondary N) is 2. The van der Waals surface area contributed by atoms with E-state index in [4.69, 9.17) is 10.3 Å². The largest absolute Gasteiger partial charge is 0.380 e. The number of aromatic nitrogens is 3. The molecule has 0 fully saturated rings. The van der Waals surface area contributed by atoms with E-state index in [0.29, 0.717) is 17.3 Å². The molecule has 0 radical (unpaired) electrons. The lowest BCUT2D eigenvalue weighted by Crippen LogP contribution is -2.43. The molecule has 0 saturated heterocycles. The maximum Gasteiger partial charge on any atom is 0.287 e. The highest BCUT2D eigenvalue weighted by molar-refractivity contribution is 7.89. The highest BCUT2D eigenvalue weighted by Crippen LogP contribution is 2.20. The minimum atomic E-state index is -4.23. The van der Waals surface area contributed by atoms with Gasteiger partial charge in [0.05, 0.1) is 5.39 Å². The molecule has 0 spiro atoms. The van der Waals surface area contributed by atoms with Crippen LogP contribution in [0.2, 0.25) is 0 Å². The molecule has 11 nitrogen and oxygen atoms in total. The van der Waals surface area contributed by atoms with Gasteiger partial charge in [-0.3, -0.25) is 15.0 Å². The number of amides is 1. The SMILES string of the molecule is CCCCCn1nc(C(=O)NNS(=O)(=O)c2c(N)noc2C)c2ccccc2c1=O. The van der Waals surface area contributed by atoms with E-state index in [0.717, 1.165) is 19.3 Å². The van der Waals surface area contributed by atoms with Gasteiger partial charge in [0.2, 0.25) is 0 Å². The third-order valence-corrected chi connectivity index (χ3v) is 5.86. The number of nitrogen functional groups attached to an aromatic ring is 1. The number of nitrogens with zero attached hydrogens (tertiary/aromatic N) is 3. The van der Waals surface area contributed by atoms with E-state index in [1.54, 1.807) is 24.3 Å². The minimum absolute atomic E-state index is 0.0257. The second-order valence-electron chi connectivity index (χ2n) is 6.64. The molecule has 0 aliphatic rings. The van der Waals surface area contributed by atoms with E-state index >= 15 is 0 Å². The summed E-state index contributed by atoms with van der Waals surface area (Å²) in [4.78, 5) is 27.0. The molecule has 3 aromatic rings. The normalized spacial score (nSPS) is 11.7. The van der Waals surface area contributed by atoms with Gasteiger partial charge in [-0.05, 0) is 19.4 Å². The third-order valence-electron chi connectivity index (χ3n) is 4.46. The van der Waals surface area contributed by atoms with Crippen LogP contribution in [0.3, 0.4) is 0 Å². The van der Waals surface area contributed by atoms with Crippen molar-refractivity contribution in [1.29, 1.82) is 0 Å². The van der Waals surface area contributed by atoms with E-state index < -0.39 is 15.9 Å². The summed E-state index contributed by atoms with van der Waals surface area (Å²) in [5.74, 6) is -1.18. The van der Waals surface area contributed by atoms with Crippen LogP contribution in [0.5, 0.6) is 0 Å². The van der Waals surface area contributed by atoms with Crippen LogP contribution in [0.1, 0.15) is 42.4 Å². The molecular formula is C18H22N6O5S. The zero-order chi connectivity index (χ0) is 21.9. The lowest BCUT2D eigenvalue weighted by Gasteiger charge is -2.12. The van der Waals surface area contributed by atoms with Crippen LogP contribution < -0.4 is 21.5 Å². The van der Waals surface area contributed by atoms with Crippen molar-refractivity contribution in [2.24, 2.45) is 0 Å². The molecule has 0 bridgehead atoms. The van der Waals surface area contributed by atoms with Crippen molar-refractivity contribution >= 4 is 32.5 Å². The number of hydrogen-bond acceptors (Lipinski definition) is 8. The molecule has 12 heteroatoms. The molecule has 30 heavy (non-hydrogen) atoms. The Balaban J connectivity index is 1.92. The number of unbranched alkanes of at least 4 members (excludes halogenated alkanes) is 2. The standard InChI is InChI=1S/C18H22N6O5S/c1-3-4-7-10-24-18(26)13-9-6-5-8-12(13)14(21-24)17(25)20-23-30(27,28)15-11(2)29-22-16(15)19/h5-6,8-9,23H,3-4,7,10H2,1-2H3,(H2,19,22)(H,20,25). The Morgan fingerprint density at radius 1 is 1.23 bits per heavy atom. The maximum atomic E-state index is 12.8. The van der Waals surface area contributed by atoms with Crippen molar-refractivity contribution in [1.82, 2.24) is 25.2 Å². The Hall–Kier alpha value is -3.25. The summed E-state index contributed by atoms with van der Waals surface area (Å²) in [6.45, 7) is 3.76. The molecule has 0 aliphatic carbocycles. The number of fused-ring (bicyclic) bond motifs is 1. The molecule has 1 aromatic carbocycles. The zero-order valence-electron chi connectivity index (χ0n) is 16.5. The maximum absolute atomic E-state index is 12.8. The van der Waals surface area contributed by atoms with Crippen molar-refractivity contribution in [2.45, 2.75) is 44.6 Å². The van der Waals surface area contributed by atoms with Gasteiger partial charge in [-0.1, -0.05) is 43.1 Å². The van der Waals surface area contributed by atoms with Gasteiger partial charge in [-0.2, -0.15) is 5.10 Å². The molecule has 0 saturated carbocycles. The highest BCUT2D eigenvalue weighted by atomic mass is 32.2. The molecule has 2 heterocycles. The monoisotopic (exact) mass is 434 g/mol. The molecule has 4 N–H and O–H groups in total. The van der Waals surface area contributed by atoms with Gasteiger partial charge in [-0.15, -0.1) is 4.83 Å². The summed E-state index contributed by atoms with van der Waals surface area (Å²) in [6, 6.07) is 6.51. The van der Waals surface area contributed by atoms with E-state index in [1.807, 2.05) is 11.8 Å². The van der Waals surface area contributed by atoms with Crippen molar-refractivity contribution in [3.8, 4) is 0 Å². The quantitative estimate of drug-likeness (QED) is 0.350. The van der Waals surface area contributed by atoms with Gasteiger partial charge in [0, 0.05) is 11.9 Å². The molecule has 3 rings (SSSR count). The summed E-state index contributed by atoms with van der Waals surface area (Å²) in [5, 5.41) is 8.19. The number of benzene rings is 1. The lowest BCUT2D eigenvalue weighted by atomic mass is 10.1. The fraction of sp³-hybridized carbons (Fsp3) is 0.333. The van der Waals surface area contributed by atoms with Gasteiger partial charge in [0.25, 0.3) is 21.5 Å². The molecule has 0 atom stereocenters. The Labute approximate surface area is 172 Å². The summed E-state index contributed by atoms with van der Waals surface area (Å²) in [6.07, 6.45) is 2.59. The Bertz CT molecular complexity index is 1230. The zero-order valence-corrected chi connectivity index (χ0v) is 17.3. The van der Waals surface area contributed by atoms with E-state index in [1.165, 1.54) is 11.6 Å². The summed E-state index contributed by atoms with van der Waals surface area (Å²) < 4.78 is 30.9. The minimum Gasteiger partial charge on any atom is -0.380 e. The number of hydrogen-bond donors (Lipinski definition) is 3. The van der Waals surface area contributed by atoms with Gasteiger partial charge in [0.15, 0.2) is 22.2 Å². The lowest BCUT2D eigenvalue weighted by molar-refractivity contribution is 0.0939. The number of rotatable bonds is 8. The van der Waals surface area contributed by atoms with E-state index in [-0.39, 0.29) is 27.7 Å². The first-order chi connectivity index (χ1) is 14.3. The van der Waals surface area contributed by atoms with Crippen molar-refractivity contribution in [3.63, 3.8) is 0 Å². The number of anilines is 1. The molecule has 1 amide bonds. The molecule has 2 aromatic heterocycles. The second kappa shape index (κ2) is 8.63. The smallest absolute Gasteiger partial charge is 0.287 e. The number of sulfonamides is 1. The average molecular weight is 434 g/mol.